The molecule has 1 aromatic carbocycles. The van der Waals surface area contributed by atoms with Crippen LogP contribution in [0, 0.1) is 110 Å². The first-order valence-corrected chi connectivity index (χ1v) is 44.0. The van der Waals surface area contributed by atoms with E-state index in [2.05, 4.69) is 56.7 Å². The molecule has 9 atom stereocenters. The molecule has 8 aromatic heterocycles. The molecule has 5 amide bonds. The zero-order valence-electron chi connectivity index (χ0n) is 82.2. The number of halogens is 15. The van der Waals surface area contributed by atoms with Gasteiger partial charge in [-0.15, -0.1) is 0 Å². The number of rotatable bonds is 20. The fourth-order valence-corrected chi connectivity index (χ4v) is 15.2. The quantitative estimate of drug-likeness (QED) is 0.0118. The van der Waals surface area contributed by atoms with E-state index in [1.807, 2.05) is 72.9 Å². The molecule has 147 heavy (non-hydrogen) atoms. The number of hydrogen-bond acceptors (Lipinski definition) is 28. The fourth-order valence-electron chi connectivity index (χ4n) is 14.5. The number of aliphatic carboxylic acids is 2. The Balaban J connectivity index is 0.000000428. The Morgan fingerprint density at radius 1 is 0.524 bits per heavy atom. The molecular weight excluding hydrogens is 2110 g/mol. The largest absolute Gasteiger partial charge is 0.481 e. The van der Waals surface area contributed by atoms with Crippen LogP contribution < -0.4 is 16.0 Å². The van der Waals surface area contributed by atoms with E-state index in [0.717, 1.165) is 92.2 Å². The summed E-state index contributed by atoms with van der Waals surface area (Å²) >= 11 is 1.73. The molecule has 4 aliphatic rings. The van der Waals surface area contributed by atoms with Crippen molar-refractivity contribution in [1.29, 1.82) is 0 Å². The molecule has 0 saturated carbocycles. The average molecular weight is 2220 g/mol. The number of carboxylic acids is 2. The third-order valence-corrected chi connectivity index (χ3v) is 22.5. The van der Waals surface area contributed by atoms with E-state index in [-0.39, 0.29) is 77.4 Å². The lowest BCUT2D eigenvalue weighted by Gasteiger charge is -2.19. The number of carbonyl (C=O) groups is 8. The highest BCUT2D eigenvalue weighted by Gasteiger charge is 2.49. The first kappa shape index (κ1) is 126. The van der Waals surface area contributed by atoms with Crippen LogP contribution in [0.25, 0.3) is 6.08 Å². The topological polar surface area (TPSA) is 572 Å². The van der Waals surface area contributed by atoms with Crippen molar-refractivity contribution < 1.29 is 149 Å². The summed E-state index contributed by atoms with van der Waals surface area (Å²) in [6, 6.07) is 14.5. The van der Waals surface area contributed by atoms with Crippen LogP contribution in [0.3, 0.4) is 0 Å². The second-order valence-corrected chi connectivity index (χ2v) is 33.7. The highest BCUT2D eigenvalue weighted by atomic mass is 127. The highest BCUT2D eigenvalue weighted by molar-refractivity contribution is 14.1. The van der Waals surface area contributed by atoms with Crippen LogP contribution in [-0.4, -0.2) is 245 Å². The summed E-state index contributed by atoms with van der Waals surface area (Å²) < 4.78 is 189. The van der Waals surface area contributed by atoms with Gasteiger partial charge in [0, 0.05) is 174 Å². The van der Waals surface area contributed by atoms with Crippen LogP contribution in [0.4, 0.5) is 67.2 Å². The Morgan fingerprint density at radius 3 is 1.22 bits per heavy atom. The van der Waals surface area contributed by atoms with E-state index in [1.165, 1.54) is 56.2 Å². The van der Waals surface area contributed by atoms with Gasteiger partial charge in [0.2, 0.25) is 48.5 Å². The van der Waals surface area contributed by atoms with E-state index in [0.29, 0.717) is 76.4 Å². The maximum atomic E-state index is 13.8. The number of likely N-dealkylation sites (N-methyl/N-ethyl adjacent to an activating group) is 2. The molecule has 4 aliphatic heterocycles. The average Bonchev–Trinajstić information content (AvgIpc) is 1.64. The van der Waals surface area contributed by atoms with Gasteiger partial charge in [-0.3, -0.25) is 106 Å². The number of nitrogens with one attached hydrogen (secondary N) is 3. The predicted molar refractivity (Wildman–Crippen MR) is 490 cm³/mol. The number of aromatic nitrogens is 16. The van der Waals surface area contributed by atoms with Gasteiger partial charge in [-0.2, -0.15) is 113 Å². The molecule has 61 heteroatoms. The molecule has 13 rings (SSSR count). The number of likely N-dealkylation sites (tertiary alicyclic amines) is 2. The normalized spacial score (nSPS) is 17.3. The third kappa shape index (κ3) is 37.0. The van der Waals surface area contributed by atoms with Crippen molar-refractivity contribution in [2.75, 3.05) is 72.8 Å². The molecule has 4 saturated heterocycles. The van der Waals surface area contributed by atoms with Crippen molar-refractivity contribution in [2.24, 2.45) is 86.0 Å². The Kier molecular flexibility index (Phi) is 47.6. The number of anilines is 1. The molecule has 4 fully saturated rings. The Hall–Kier alpha value is -15.4. The maximum Gasteiger partial charge on any atom is 0.433 e. The number of alkyl halides is 12. The molecule has 46 nitrogen and oxygen atoms in total. The van der Waals surface area contributed by atoms with Crippen LogP contribution in [0.2, 0.25) is 0 Å². The van der Waals surface area contributed by atoms with E-state index in [9.17, 15) is 130 Å². The number of ether oxygens (including phenoxy) is 1. The third-order valence-electron chi connectivity index (χ3n) is 22.0. The molecule has 806 valence electrons. The second-order valence-electron chi connectivity index (χ2n) is 32.6. The van der Waals surface area contributed by atoms with Gasteiger partial charge >= 0.3 is 54.9 Å². The molecule has 9 aromatic rings. The lowest BCUT2D eigenvalue weighted by Crippen LogP contribution is -2.33. The van der Waals surface area contributed by atoms with Gasteiger partial charge in [-0.25, -0.2) is 8.78 Å². The lowest BCUT2D eigenvalue weighted by atomic mass is 9.85. The lowest BCUT2D eigenvalue weighted by molar-refractivity contribution is -0.485. The van der Waals surface area contributed by atoms with E-state index in [1.54, 1.807) is 102 Å². The van der Waals surface area contributed by atoms with Crippen LogP contribution in [0.1, 0.15) is 149 Å². The first-order valence-electron chi connectivity index (χ1n) is 43.0. The monoisotopic (exact) mass is 2220 g/mol. The SMILES string of the molecule is CCC(CC)[C@@H](C[N+](=O)[O-])c1cc(C(F)(F)F)n(C)n1.CCOC(=O)[C@H]1C(=O)NC[C@@H]1c1cc(C)n(C)n1.CN(C)/C=C/[N+](=O)[O-].Cc1cc(C(F)(F)F)n(C)n1.Cc1cc([C@H]2CN(C)C(=O)[C@@H]2C(=O)Nc2cccc(F)c2F)nn1C.Cc1cc([C@H]2CN(C)C(=O)[C@@H]2C(=O)O)nn1C.Cc1cc([C@H]2CNC(=O)[C@@H]2C(=O)O)nn1C.Cn1nc(/C=C/[N+](=O)[O-])cc1C(F)(F)F.Cn1nc(I)cc1C(F)(F)F.O=C=O.O=C=O. The number of nitro groups is 3. The Morgan fingerprint density at radius 2 is 0.898 bits per heavy atom. The molecule has 0 radical (unpaired) electrons. The molecule has 0 bridgehead atoms. The standard InChI is InChI=1S/C17H18F2N4O2.C12H18F3N3O2.C12H17N3O3.C11H15N3O3.C10H13N3O3.C7H6F3N3O2.C6H7F3N2.C5H4F3IN2.C4H8N2O2.2CO2/c1-9-7-13(21-23(9)3)10-8-22(2)17(25)14(10)16(24)20-12-6-4-5-11(18)15(12)19;1-4-8(5-2)9(7-18(19)20)10-6-11(12(13,14)15)17(3)16-10;1-4-18-12(17)10-8(6-13-11(10)16)9-5-7(2)15(3)14-9;1-6-4-8(12-14(6)3)7-5-13(2)10(15)9(7)11(16)17;1-5-3-7(12-13(5)2)6-4-11-9(14)8(6)10(15)16;1-12-6(7(8,9)10)4-5(11-12)2-3-13(14)15;1-4-3-5(6(7,8)9)11(2)10-4;1-11-3(5(6,7)8)2-4(9)10-11;1-5(2)3-4-6(7)8;2*2-1-3/h4-7,10,14H,8H2,1-3H3,(H,20,24);6,8-9H,4-5,7H2,1-3H3;5,8,10H,4,6H2,1-3H3,(H,13,16);4,7,9H,5H2,1-3H3,(H,16,17);3,6,8H,4H2,1-2H3,(H,11,14)(H,15,16);2-4H,1H3;3H,1-2H3;2H,1H3;3-4H,1-2H3;;/b;;;;;3-2+;;;4-3+;;/t10-,14+;9-;8-,10-;7-,9-;6-,8-;;;;;;/m11111....../s1. The minimum atomic E-state index is -4.51. The number of esters is 1. The van der Waals surface area contributed by atoms with Crippen molar-refractivity contribution in [3.63, 3.8) is 0 Å². The molecule has 0 unspecified atom stereocenters. The smallest absolute Gasteiger partial charge is 0.433 e. The van der Waals surface area contributed by atoms with E-state index >= 15 is 0 Å². The van der Waals surface area contributed by atoms with Gasteiger partial charge in [-0.1, -0.05) is 32.8 Å². The summed E-state index contributed by atoms with van der Waals surface area (Å²) in [4.78, 5) is 159. The fraction of sp³-hybridized carbons (Fsp3) is 0.488. The summed E-state index contributed by atoms with van der Waals surface area (Å²) in [6.45, 7) is 16.0. The number of benzene rings is 1. The van der Waals surface area contributed by atoms with E-state index < -0.39 is 146 Å². The highest BCUT2D eigenvalue weighted by Crippen LogP contribution is 2.40. The number of nitrogens with zero attached hydrogens (tertiary/aromatic N) is 22. The zero-order valence-corrected chi connectivity index (χ0v) is 84.4. The van der Waals surface area contributed by atoms with Crippen LogP contribution in [0.5, 0.6) is 0 Å². The minimum absolute atomic E-state index is 0.0589. The number of amides is 5. The molecule has 0 spiro atoms. The number of hydrogen-bond donors (Lipinski definition) is 5. The van der Waals surface area contributed by atoms with Crippen LogP contribution in [0.15, 0.2) is 85.3 Å². The second kappa shape index (κ2) is 55.7. The van der Waals surface area contributed by atoms with Gasteiger partial charge in [0.15, 0.2) is 11.6 Å². The molecular formula is C86H106F14IN25O21. The van der Waals surface area contributed by atoms with Gasteiger partial charge < -0.3 is 45.6 Å². The molecule has 5 N–H and O–H groups in total. The van der Waals surface area contributed by atoms with Gasteiger partial charge in [-0.05, 0) is 125 Å². The summed E-state index contributed by atoms with van der Waals surface area (Å²) in [5, 5.41) is 87.6. The van der Waals surface area contributed by atoms with Gasteiger partial charge in [0.1, 0.15) is 50.1 Å². The summed E-state index contributed by atoms with van der Waals surface area (Å²) in [5.74, 6) is -12.9. The molecule has 0 aliphatic carbocycles. The minimum Gasteiger partial charge on any atom is -0.481 e. The van der Waals surface area contributed by atoms with Crippen molar-refractivity contribution in [2.45, 2.75) is 123 Å². The van der Waals surface area contributed by atoms with Crippen molar-refractivity contribution in [1.82, 2.24) is 104 Å². The van der Waals surface area contributed by atoms with Crippen molar-refractivity contribution >= 4 is 94.1 Å². The molecule has 12 heterocycles. The van der Waals surface area contributed by atoms with E-state index in [4.69, 9.17) is 34.1 Å². The first-order chi connectivity index (χ1) is 68.0. The Bertz CT molecular complexity index is 6050. The Labute approximate surface area is 840 Å². The number of aryl methyl sites for hydroxylation is 13. The van der Waals surface area contributed by atoms with Gasteiger partial charge in [0.05, 0.1) is 74.1 Å². The van der Waals surface area contributed by atoms with Crippen LogP contribution in [-0.2, 0) is 143 Å². The van der Waals surface area contributed by atoms with Crippen molar-refractivity contribution in [3.8, 4) is 0 Å². The zero-order chi connectivity index (χ0) is 113. The number of carboxylic acid groups (broad SMARTS) is 2. The predicted octanol–water partition coefficient (Wildman–Crippen LogP) is 9.41. The maximum absolute atomic E-state index is 13.8. The van der Waals surface area contributed by atoms with Crippen molar-refractivity contribution in [3.05, 3.63) is 216 Å². The summed E-state index contributed by atoms with van der Waals surface area (Å²) in [5.41, 5.74) is 3.35. The van der Waals surface area contributed by atoms with Gasteiger partial charge in [0.25, 0.3) is 0 Å². The summed E-state index contributed by atoms with van der Waals surface area (Å²) in [7, 11) is 18.7. The number of carbonyl (C=O) groups excluding carboxylic acids is 10. The summed E-state index contributed by atoms with van der Waals surface area (Å²) in [6.07, 6.45) is -12.1. The van der Waals surface area contributed by atoms with Crippen LogP contribution >= 0.6 is 22.6 Å².